The highest BCUT2D eigenvalue weighted by Crippen LogP contribution is 2.19. The molecule has 1 atom stereocenters. The zero-order valence-corrected chi connectivity index (χ0v) is 14.7. The Morgan fingerprint density at radius 1 is 1.44 bits per heavy atom. The molecule has 0 bridgehead atoms. The second-order valence-corrected chi connectivity index (χ2v) is 6.80. The van der Waals surface area contributed by atoms with Crippen molar-refractivity contribution in [3.8, 4) is 0 Å². The molecule has 7 heteroatoms. The van der Waals surface area contributed by atoms with Crippen LogP contribution >= 0.6 is 0 Å². The Morgan fingerprint density at radius 2 is 2.32 bits per heavy atom. The number of hydrogen-bond donors (Lipinski definition) is 2. The summed E-state index contributed by atoms with van der Waals surface area (Å²) < 4.78 is 5.15. The number of anilines is 2. The largest absolute Gasteiger partial charge is 0.370 e. The van der Waals surface area contributed by atoms with Crippen molar-refractivity contribution in [1.82, 2.24) is 15.0 Å². The monoisotopic (exact) mass is 343 g/mol. The third-order valence-electron chi connectivity index (χ3n) is 4.36. The highest BCUT2D eigenvalue weighted by molar-refractivity contribution is 5.91. The van der Waals surface area contributed by atoms with Crippen molar-refractivity contribution in [3.05, 3.63) is 36.2 Å². The lowest BCUT2D eigenvalue weighted by molar-refractivity contribution is -0.117. The maximum absolute atomic E-state index is 12.2. The number of nitrogens with zero attached hydrogens (tertiary/aromatic N) is 3. The Hall–Kier alpha value is -2.41. The lowest BCUT2D eigenvalue weighted by atomic mass is 10.1. The molecule has 1 fully saturated rings. The number of aromatic nitrogens is 2. The number of hydrogen-bond acceptors (Lipinski definition) is 6. The summed E-state index contributed by atoms with van der Waals surface area (Å²) >= 11 is 0. The highest BCUT2D eigenvalue weighted by Gasteiger charge is 2.24. The van der Waals surface area contributed by atoms with Crippen LogP contribution in [0.15, 0.2) is 35.0 Å². The molecule has 1 unspecified atom stereocenters. The first-order chi connectivity index (χ1) is 12.1. The first-order valence-corrected chi connectivity index (χ1v) is 8.74. The minimum absolute atomic E-state index is 0.0650. The maximum Gasteiger partial charge on any atom is 0.240 e. The van der Waals surface area contributed by atoms with E-state index in [0.29, 0.717) is 18.3 Å². The van der Waals surface area contributed by atoms with Gasteiger partial charge in [-0.25, -0.2) is 4.98 Å². The van der Waals surface area contributed by atoms with E-state index in [4.69, 9.17) is 4.52 Å². The number of rotatable bonds is 7. The van der Waals surface area contributed by atoms with Crippen molar-refractivity contribution in [2.24, 2.45) is 5.92 Å². The minimum Gasteiger partial charge on any atom is -0.370 e. The fourth-order valence-electron chi connectivity index (χ4n) is 2.94. The summed E-state index contributed by atoms with van der Waals surface area (Å²) in [4.78, 5) is 18.6. The first kappa shape index (κ1) is 17.4. The molecule has 2 aromatic heterocycles. The standard InChI is InChI=1S/C18H25N5O2/c1-13(2)15-9-18(25-22-15)21-17(24)12-23-8-6-14(11-23)10-20-16-5-3-4-7-19-16/h3-5,7,9,13-14H,6,8,10-12H2,1-2H3,(H,19,20)(H,21,24). The minimum atomic E-state index is -0.0650. The fraction of sp³-hybridized carbons (Fsp3) is 0.500. The predicted octanol–water partition coefficient (Wildman–Crippen LogP) is 2.57. The smallest absolute Gasteiger partial charge is 0.240 e. The van der Waals surface area contributed by atoms with Gasteiger partial charge >= 0.3 is 0 Å². The van der Waals surface area contributed by atoms with Crippen LogP contribution in [-0.4, -0.2) is 47.1 Å². The molecule has 0 radical (unpaired) electrons. The first-order valence-electron chi connectivity index (χ1n) is 8.74. The predicted molar refractivity (Wildman–Crippen MR) is 96.5 cm³/mol. The van der Waals surface area contributed by atoms with Crippen LogP contribution < -0.4 is 10.6 Å². The molecule has 1 amide bonds. The zero-order chi connectivity index (χ0) is 17.6. The van der Waals surface area contributed by atoms with E-state index in [0.717, 1.165) is 37.6 Å². The molecule has 1 aliphatic rings. The second-order valence-electron chi connectivity index (χ2n) is 6.80. The van der Waals surface area contributed by atoms with Gasteiger partial charge in [0.05, 0.1) is 12.2 Å². The average Bonchev–Trinajstić information content (AvgIpc) is 3.23. The van der Waals surface area contributed by atoms with Gasteiger partial charge in [-0.1, -0.05) is 25.1 Å². The molecule has 1 aliphatic heterocycles. The van der Waals surface area contributed by atoms with Gasteiger partial charge < -0.3 is 9.84 Å². The number of pyridine rings is 1. The molecule has 1 saturated heterocycles. The lowest BCUT2D eigenvalue weighted by Gasteiger charge is -2.15. The summed E-state index contributed by atoms with van der Waals surface area (Å²) in [6.45, 7) is 7.14. The van der Waals surface area contributed by atoms with Gasteiger partial charge in [0.2, 0.25) is 11.8 Å². The molecule has 7 nitrogen and oxygen atoms in total. The lowest BCUT2D eigenvalue weighted by Crippen LogP contribution is -2.32. The average molecular weight is 343 g/mol. The van der Waals surface area contributed by atoms with Gasteiger partial charge in [0, 0.05) is 25.4 Å². The fourth-order valence-corrected chi connectivity index (χ4v) is 2.94. The number of likely N-dealkylation sites (tertiary alicyclic amines) is 1. The third kappa shape index (κ3) is 5.03. The second kappa shape index (κ2) is 8.11. The van der Waals surface area contributed by atoms with E-state index in [-0.39, 0.29) is 11.8 Å². The Balaban J connectivity index is 1.40. The number of nitrogens with one attached hydrogen (secondary N) is 2. The Morgan fingerprint density at radius 3 is 3.04 bits per heavy atom. The van der Waals surface area contributed by atoms with Crippen LogP contribution in [0.3, 0.4) is 0 Å². The van der Waals surface area contributed by atoms with Crippen molar-refractivity contribution in [2.45, 2.75) is 26.2 Å². The van der Waals surface area contributed by atoms with Gasteiger partial charge in [-0.15, -0.1) is 0 Å². The van der Waals surface area contributed by atoms with Crippen LogP contribution in [0.5, 0.6) is 0 Å². The van der Waals surface area contributed by atoms with Gasteiger partial charge in [0.25, 0.3) is 0 Å². The zero-order valence-electron chi connectivity index (χ0n) is 14.7. The number of amides is 1. The van der Waals surface area contributed by atoms with E-state index < -0.39 is 0 Å². The van der Waals surface area contributed by atoms with Crippen molar-refractivity contribution >= 4 is 17.6 Å². The van der Waals surface area contributed by atoms with Gasteiger partial charge in [0.1, 0.15) is 5.82 Å². The van der Waals surface area contributed by atoms with Crippen molar-refractivity contribution < 1.29 is 9.32 Å². The molecule has 2 N–H and O–H groups in total. The molecule has 0 saturated carbocycles. The Labute approximate surface area is 147 Å². The maximum atomic E-state index is 12.2. The van der Waals surface area contributed by atoms with E-state index in [1.165, 1.54) is 0 Å². The molecule has 0 aromatic carbocycles. The number of carbonyl (C=O) groups is 1. The van der Waals surface area contributed by atoms with E-state index >= 15 is 0 Å². The molecule has 3 heterocycles. The quantitative estimate of drug-likeness (QED) is 0.804. The molecule has 0 aliphatic carbocycles. The Bertz CT molecular complexity index is 686. The normalized spacial score (nSPS) is 17.8. The third-order valence-corrected chi connectivity index (χ3v) is 4.36. The van der Waals surface area contributed by atoms with Crippen LogP contribution in [-0.2, 0) is 4.79 Å². The van der Waals surface area contributed by atoms with Gasteiger partial charge in [-0.2, -0.15) is 0 Å². The van der Waals surface area contributed by atoms with Gasteiger partial charge in [-0.05, 0) is 36.9 Å². The molecule has 134 valence electrons. The molecule has 25 heavy (non-hydrogen) atoms. The Kier molecular flexibility index (Phi) is 5.65. The van der Waals surface area contributed by atoms with E-state index in [1.54, 1.807) is 12.3 Å². The van der Waals surface area contributed by atoms with Crippen LogP contribution in [0.1, 0.15) is 31.9 Å². The molecule has 3 rings (SSSR count). The molecular weight excluding hydrogens is 318 g/mol. The van der Waals surface area contributed by atoms with Crippen molar-refractivity contribution in [1.29, 1.82) is 0 Å². The van der Waals surface area contributed by atoms with Crippen LogP contribution in [0.2, 0.25) is 0 Å². The SMILES string of the molecule is CC(C)c1cc(NC(=O)CN2CCC(CNc3ccccn3)C2)on1. The summed E-state index contributed by atoms with van der Waals surface area (Å²) in [5, 5.41) is 10.1. The summed E-state index contributed by atoms with van der Waals surface area (Å²) in [5.41, 5.74) is 0.845. The summed E-state index contributed by atoms with van der Waals surface area (Å²) in [6, 6.07) is 7.61. The van der Waals surface area contributed by atoms with Crippen LogP contribution in [0.4, 0.5) is 11.7 Å². The number of carbonyl (C=O) groups excluding carboxylic acids is 1. The topological polar surface area (TPSA) is 83.3 Å². The van der Waals surface area contributed by atoms with Gasteiger partial charge in [-0.3, -0.25) is 15.0 Å². The summed E-state index contributed by atoms with van der Waals surface area (Å²) in [6.07, 6.45) is 2.86. The van der Waals surface area contributed by atoms with Gasteiger partial charge in [0.15, 0.2) is 0 Å². The molecule has 2 aromatic rings. The highest BCUT2D eigenvalue weighted by atomic mass is 16.5. The summed E-state index contributed by atoms with van der Waals surface area (Å²) in [7, 11) is 0. The molecule has 0 spiro atoms. The van der Waals surface area contributed by atoms with Crippen molar-refractivity contribution in [2.75, 3.05) is 36.8 Å². The summed E-state index contributed by atoms with van der Waals surface area (Å²) in [5.74, 6) is 2.05. The van der Waals surface area contributed by atoms with Crippen LogP contribution in [0, 0.1) is 5.92 Å². The van der Waals surface area contributed by atoms with Crippen LogP contribution in [0.25, 0.3) is 0 Å². The van der Waals surface area contributed by atoms with E-state index in [2.05, 4.69) is 25.7 Å². The van der Waals surface area contributed by atoms with Crippen molar-refractivity contribution in [3.63, 3.8) is 0 Å². The molecular formula is C18H25N5O2. The van der Waals surface area contributed by atoms with E-state index in [9.17, 15) is 4.79 Å². The van der Waals surface area contributed by atoms with E-state index in [1.807, 2.05) is 32.0 Å².